The van der Waals surface area contributed by atoms with E-state index in [2.05, 4.69) is 26.1 Å². The van der Waals surface area contributed by atoms with E-state index in [4.69, 9.17) is 0 Å². The fourth-order valence-corrected chi connectivity index (χ4v) is 2.74. The van der Waals surface area contributed by atoms with Gasteiger partial charge in [0.15, 0.2) is 5.78 Å². The number of hydrogen-bond acceptors (Lipinski definition) is 2. The highest BCUT2D eigenvalue weighted by atomic mass is 16.2. The van der Waals surface area contributed by atoms with E-state index in [0.717, 1.165) is 25.7 Å². The molecule has 1 aliphatic rings. The predicted molar refractivity (Wildman–Crippen MR) is 77.8 cm³/mol. The standard InChI is InChI=1S/C16H29NO2/c1-11(2)14(18)10-17-15(19)12-6-8-13(9-7-12)16(3,4)5/h11-13H,6-10H2,1-5H3,(H,17,19). The van der Waals surface area contributed by atoms with Crippen molar-refractivity contribution >= 4 is 11.7 Å². The number of hydrogen-bond donors (Lipinski definition) is 1. The molecule has 1 rings (SSSR count). The van der Waals surface area contributed by atoms with Gasteiger partial charge in [-0.05, 0) is 37.0 Å². The third-order valence-electron chi connectivity index (χ3n) is 4.40. The Morgan fingerprint density at radius 3 is 2.05 bits per heavy atom. The zero-order chi connectivity index (χ0) is 14.6. The topological polar surface area (TPSA) is 46.2 Å². The van der Waals surface area contributed by atoms with Gasteiger partial charge in [0.25, 0.3) is 0 Å². The molecule has 0 aromatic rings. The Hall–Kier alpha value is -0.860. The molecular formula is C16H29NO2. The minimum atomic E-state index is -0.00285. The van der Waals surface area contributed by atoms with E-state index < -0.39 is 0 Å². The van der Waals surface area contributed by atoms with Gasteiger partial charge in [-0.2, -0.15) is 0 Å². The van der Waals surface area contributed by atoms with Gasteiger partial charge < -0.3 is 5.32 Å². The van der Waals surface area contributed by atoms with E-state index in [1.54, 1.807) is 0 Å². The third kappa shape index (κ3) is 4.96. The molecule has 0 bridgehead atoms. The van der Waals surface area contributed by atoms with Crippen molar-refractivity contribution in [3.05, 3.63) is 0 Å². The molecule has 0 aliphatic heterocycles. The average Bonchev–Trinajstić information content (AvgIpc) is 2.34. The van der Waals surface area contributed by atoms with Crippen LogP contribution in [0.25, 0.3) is 0 Å². The first-order valence-electron chi connectivity index (χ1n) is 7.52. The molecule has 0 heterocycles. The third-order valence-corrected chi connectivity index (χ3v) is 4.40. The maximum absolute atomic E-state index is 12.0. The second kappa shape index (κ2) is 6.53. The Balaban J connectivity index is 2.35. The lowest BCUT2D eigenvalue weighted by Gasteiger charge is -2.36. The lowest BCUT2D eigenvalue weighted by Crippen LogP contribution is -2.38. The van der Waals surface area contributed by atoms with Crippen LogP contribution in [0.3, 0.4) is 0 Å². The van der Waals surface area contributed by atoms with Gasteiger partial charge in [-0.1, -0.05) is 34.6 Å². The summed E-state index contributed by atoms with van der Waals surface area (Å²) < 4.78 is 0. The fraction of sp³-hybridized carbons (Fsp3) is 0.875. The van der Waals surface area contributed by atoms with Crippen LogP contribution in [-0.4, -0.2) is 18.2 Å². The molecular weight excluding hydrogens is 238 g/mol. The van der Waals surface area contributed by atoms with Crippen molar-refractivity contribution in [2.24, 2.45) is 23.2 Å². The van der Waals surface area contributed by atoms with E-state index in [1.165, 1.54) is 0 Å². The van der Waals surface area contributed by atoms with Gasteiger partial charge in [-0.3, -0.25) is 9.59 Å². The summed E-state index contributed by atoms with van der Waals surface area (Å²) in [6, 6.07) is 0. The Labute approximate surface area is 117 Å². The summed E-state index contributed by atoms with van der Waals surface area (Å²) in [5.41, 5.74) is 0.342. The molecule has 1 saturated carbocycles. The fourth-order valence-electron chi connectivity index (χ4n) is 2.74. The summed E-state index contributed by atoms with van der Waals surface area (Å²) >= 11 is 0. The lowest BCUT2D eigenvalue weighted by molar-refractivity contribution is -0.129. The number of amides is 1. The van der Waals surface area contributed by atoms with Gasteiger partial charge in [0, 0.05) is 11.8 Å². The Morgan fingerprint density at radius 1 is 1.11 bits per heavy atom. The van der Waals surface area contributed by atoms with E-state index in [9.17, 15) is 9.59 Å². The summed E-state index contributed by atoms with van der Waals surface area (Å²) in [5, 5.41) is 2.80. The second-order valence-corrected chi connectivity index (χ2v) is 7.25. The number of rotatable bonds is 4. The first kappa shape index (κ1) is 16.2. The number of carbonyl (C=O) groups excluding carboxylic acids is 2. The van der Waals surface area contributed by atoms with Crippen molar-refractivity contribution in [2.45, 2.75) is 60.3 Å². The Bertz CT molecular complexity index is 320. The summed E-state index contributed by atoms with van der Waals surface area (Å²) in [6.45, 7) is 10.7. The van der Waals surface area contributed by atoms with Crippen LogP contribution in [0.1, 0.15) is 60.3 Å². The van der Waals surface area contributed by atoms with Gasteiger partial charge in [0.05, 0.1) is 6.54 Å². The van der Waals surface area contributed by atoms with Crippen LogP contribution >= 0.6 is 0 Å². The summed E-state index contributed by atoms with van der Waals surface area (Å²) in [7, 11) is 0. The Kier molecular flexibility index (Phi) is 5.57. The molecule has 110 valence electrons. The van der Waals surface area contributed by atoms with Gasteiger partial charge >= 0.3 is 0 Å². The number of nitrogens with one attached hydrogen (secondary N) is 1. The van der Waals surface area contributed by atoms with E-state index in [0.29, 0.717) is 11.3 Å². The summed E-state index contributed by atoms with van der Waals surface area (Å²) in [6.07, 6.45) is 4.17. The molecule has 0 atom stereocenters. The van der Waals surface area contributed by atoms with Crippen LogP contribution in [0, 0.1) is 23.2 Å². The first-order chi connectivity index (χ1) is 8.71. The molecule has 0 unspecified atom stereocenters. The van der Waals surface area contributed by atoms with Crippen LogP contribution in [0.5, 0.6) is 0 Å². The highest BCUT2D eigenvalue weighted by molar-refractivity contribution is 5.87. The van der Waals surface area contributed by atoms with Gasteiger partial charge in [0.2, 0.25) is 5.91 Å². The second-order valence-electron chi connectivity index (χ2n) is 7.25. The minimum Gasteiger partial charge on any atom is -0.349 e. The van der Waals surface area contributed by atoms with Crippen molar-refractivity contribution in [3.63, 3.8) is 0 Å². The molecule has 3 heteroatoms. The molecule has 3 nitrogen and oxygen atoms in total. The van der Waals surface area contributed by atoms with Crippen LogP contribution in [0.4, 0.5) is 0 Å². The number of carbonyl (C=O) groups is 2. The molecule has 1 amide bonds. The Morgan fingerprint density at radius 2 is 1.63 bits per heavy atom. The molecule has 1 aliphatic carbocycles. The molecule has 0 aromatic carbocycles. The van der Waals surface area contributed by atoms with Crippen LogP contribution in [-0.2, 0) is 9.59 Å². The van der Waals surface area contributed by atoms with E-state index in [1.807, 2.05) is 13.8 Å². The SMILES string of the molecule is CC(C)C(=O)CNC(=O)C1CCC(C(C)(C)C)CC1. The van der Waals surface area contributed by atoms with Crippen LogP contribution in [0.15, 0.2) is 0 Å². The molecule has 0 spiro atoms. The molecule has 0 aromatic heterocycles. The molecule has 1 N–H and O–H groups in total. The van der Waals surface area contributed by atoms with Gasteiger partial charge in [0.1, 0.15) is 0 Å². The summed E-state index contributed by atoms with van der Waals surface area (Å²) in [5.74, 6) is 1.00. The maximum atomic E-state index is 12.0. The van der Waals surface area contributed by atoms with Crippen LogP contribution < -0.4 is 5.32 Å². The highest BCUT2D eigenvalue weighted by Crippen LogP contribution is 2.39. The molecule has 0 radical (unpaired) electrons. The van der Waals surface area contributed by atoms with Crippen molar-refractivity contribution < 1.29 is 9.59 Å². The van der Waals surface area contributed by atoms with Gasteiger partial charge in [-0.25, -0.2) is 0 Å². The molecule has 19 heavy (non-hydrogen) atoms. The smallest absolute Gasteiger partial charge is 0.223 e. The maximum Gasteiger partial charge on any atom is 0.223 e. The lowest BCUT2D eigenvalue weighted by atomic mass is 9.69. The zero-order valence-electron chi connectivity index (χ0n) is 13.1. The largest absolute Gasteiger partial charge is 0.349 e. The average molecular weight is 267 g/mol. The summed E-state index contributed by atoms with van der Waals surface area (Å²) in [4.78, 5) is 23.5. The molecule has 0 saturated heterocycles. The quantitative estimate of drug-likeness (QED) is 0.850. The normalized spacial score (nSPS) is 24.3. The first-order valence-corrected chi connectivity index (χ1v) is 7.52. The van der Waals surface area contributed by atoms with E-state index >= 15 is 0 Å². The number of Topliss-reactive ketones (excluding diaryl/α,β-unsaturated/α-hetero) is 1. The zero-order valence-corrected chi connectivity index (χ0v) is 13.1. The minimum absolute atomic E-state index is 0.00285. The van der Waals surface area contributed by atoms with E-state index in [-0.39, 0.29) is 30.1 Å². The van der Waals surface area contributed by atoms with Crippen molar-refractivity contribution in [3.8, 4) is 0 Å². The predicted octanol–water partition coefficient (Wildman–Crippen LogP) is 3.18. The van der Waals surface area contributed by atoms with Crippen molar-refractivity contribution in [1.29, 1.82) is 0 Å². The highest BCUT2D eigenvalue weighted by Gasteiger charge is 2.32. The van der Waals surface area contributed by atoms with Crippen molar-refractivity contribution in [1.82, 2.24) is 5.32 Å². The van der Waals surface area contributed by atoms with Crippen molar-refractivity contribution in [2.75, 3.05) is 6.54 Å². The monoisotopic (exact) mass is 267 g/mol. The molecule has 1 fully saturated rings. The van der Waals surface area contributed by atoms with Crippen LogP contribution in [0.2, 0.25) is 0 Å². The van der Waals surface area contributed by atoms with Gasteiger partial charge in [-0.15, -0.1) is 0 Å². The number of ketones is 1.